The van der Waals surface area contributed by atoms with Crippen molar-refractivity contribution in [2.75, 3.05) is 20.8 Å². The number of hydrogen-bond donors (Lipinski definition) is 1. The van der Waals surface area contributed by atoms with E-state index >= 15 is 0 Å². The van der Waals surface area contributed by atoms with Crippen LogP contribution in [0.5, 0.6) is 11.5 Å². The summed E-state index contributed by atoms with van der Waals surface area (Å²) in [6.45, 7) is 0.552. The zero-order valence-electron chi connectivity index (χ0n) is 12.3. The highest BCUT2D eigenvalue weighted by molar-refractivity contribution is 5.46. The second-order valence-corrected chi connectivity index (χ2v) is 4.80. The standard InChI is InChI=1S/C17H20FNO2/c1-20-16-8-5-13(11-17(16)21-2)15(9-10-19)12-3-6-14(18)7-4-12/h3-8,11,15H,9-10,19H2,1-2H3. The summed E-state index contributed by atoms with van der Waals surface area (Å²) in [5.41, 5.74) is 7.84. The first-order valence-corrected chi connectivity index (χ1v) is 6.87. The Hall–Kier alpha value is -2.07. The van der Waals surface area contributed by atoms with Crippen molar-refractivity contribution < 1.29 is 13.9 Å². The Morgan fingerprint density at radius 1 is 0.952 bits per heavy atom. The number of hydrogen-bond acceptors (Lipinski definition) is 3. The zero-order valence-corrected chi connectivity index (χ0v) is 12.3. The summed E-state index contributed by atoms with van der Waals surface area (Å²) < 4.78 is 23.7. The molecule has 112 valence electrons. The van der Waals surface area contributed by atoms with E-state index in [-0.39, 0.29) is 11.7 Å². The van der Waals surface area contributed by atoms with E-state index in [2.05, 4.69) is 0 Å². The molecule has 0 heterocycles. The molecule has 21 heavy (non-hydrogen) atoms. The van der Waals surface area contributed by atoms with E-state index in [1.165, 1.54) is 12.1 Å². The maximum absolute atomic E-state index is 13.1. The summed E-state index contributed by atoms with van der Waals surface area (Å²) in [4.78, 5) is 0. The van der Waals surface area contributed by atoms with Gasteiger partial charge in [-0.15, -0.1) is 0 Å². The second kappa shape index (κ2) is 7.09. The van der Waals surface area contributed by atoms with Crippen LogP contribution in [0.2, 0.25) is 0 Å². The largest absolute Gasteiger partial charge is 0.493 e. The van der Waals surface area contributed by atoms with Crippen LogP contribution in [0, 0.1) is 5.82 Å². The van der Waals surface area contributed by atoms with Gasteiger partial charge in [0.1, 0.15) is 5.82 Å². The van der Waals surface area contributed by atoms with Crippen LogP contribution in [0.4, 0.5) is 4.39 Å². The molecule has 0 amide bonds. The molecule has 2 aromatic carbocycles. The van der Waals surface area contributed by atoms with Gasteiger partial charge in [-0.1, -0.05) is 18.2 Å². The predicted molar refractivity (Wildman–Crippen MR) is 81.5 cm³/mol. The normalized spacial score (nSPS) is 12.0. The Kier molecular flexibility index (Phi) is 5.17. The molecule has 0 aromatic heterocycles. The van der Waals surface area contributed by atoms with Gasteiger partial charge in [-0.2, -0.15) is 0 Å². The molecule has 0 saturated heterocycles. The summed E-state index contributed by atoms with van der Waals surface area (Å²) in [5.74, 6) is 1.24. The average Bonchev–Trinajstić information content (AvgIpc) is 2.53. The molecule has 0 radical (unpaired) electrons. The Morgan fingerprint density at radius 3 is 2.14 bits per heavy atom. The molecule has 1 unspecified atom stereocenters. The molecule has 3 nitrogen and oxygen atoms in total. The van der Waals surface area contributed by atoms with Gasteiger partial charge in [0.05, 0.1) is 14.2 Å². The molecule has 0 aliphatic rings. The molecule has 0 spiro atoms. The van der Waals surface area contributed by atoms with Gasteiger partial charge < -0.3 is 15.2 Å². The van der Waals surface area contributed by atoms with Crippen LogP contribution in [-0.2, 0) is 0 Å². The van der Waals surface area contributed by atoms with Gasteiger partial charge in [-0.25, -0.2) is 4.39 Å². The molecule has 0 fully saturated rings. The Morgan fingerprint density at radius 2 is 1.57 bits per heavy atom. The Bertz CT molecular complexity index is 584. The van der Waals surface area contributed by atoms with Crippen molar-refractivity contribution >= 4 is 0 Å². The van der Waals surface area contributed by atoms with Crippen molar-refractivity contribution in [3.05, 3.63) is 59.4 Å². The third kappa shape index (κ3) is 3.52. The van der Waals surface area contributed by atoms with E-state index in [9.17, 15) is 4.39 Å². The molecule has 2 rings (SSSR count). The highest BCUT2D eigenvalue weighted by Crippen LogP contribution is 2.34. The lowest BCUT2D eigenvalue weighted by Crippen LogP contribution is -2.09. The number of benzene rings is 2. The van der Waals surface area contributed by atoms with Gasteiger partial charge in [-0.05, 0) is 48.4 Å². The minimum Gasteiger partial charge on any atom is -0.493 e. The fourth-order valence-electron chi connectivity index (χ4n) is 2.46. The lowest BCUT2D eigenvalue weighted by Gasteiger charge is -2.19. The van der Waals surface area contributed by atoms with Crippen LogP contribution in [0.3, 0.4) is 0 Å². The van der Waals surface area contributed by atoms with Crippen LogP contribution in [0.1, 0.15) is 23.5 Å². The predicted octanol–water partition coefficient (Wildman–Crippen LogP) is 3.32. The van der Waals surface area contributed by atoms with Crippen LogP contribution >= 0.6 is 0 Å². The van der Waals surface area contributed by atoms with Crippen molar-refractivity contribution in [2.24, 2.45) is 5.73 Å². The van der Waals surface area contributed by atoms with Gasteiger partial charge in [0.15, 0.2) is 11.5 Å². The number of nitrogens with two attached hydrogens (primary N) is 1. The quantitative estimate of drug-likeness (QED) is 0.887. The van der Waals surface area contributed by atoms with Crippen molar-refractivity contribution in [3.8, 4) is 11.5 Å². The number of ether oxygens (including phenoxy) is 2. The summed E-state index contributed by atoms with van der Waals surface area (Å²) >= 11 is 0. The van der Waals surface area contributed by atoms with Crippen molar-refractivity contribution in [1.29, 1.82) is 0 Å². The maximum atomic E-state index is 13.1. The van der Waals surface area contributed by atoms with Crippen molar-refractivity contribution in [2.45, 2.75) is 12.3 Å². The molecule has 0 aliphatic heterocycles. The summed E-state index contributed by atoms with van der Waals surface area (Å²) in [6, 6.07) is 12.4. The Labute approximate surface area is 124 Å². The molecule has 2 N–H and O–H groups in total. The first kappa shape index (κ1) is 15.3. The van der Waals surface area contributed by atoms with E-state index in [1.54, 1.807) is 26.4 Å². The first-order chi connectivity index (χ1) is 10.2. The summed E-state index contributed by atoms with van der Waals surface area (Å²) in [5, 5.41) is 0. The highest BCUT2D eigenvalue weighted by Gasteiger charge is 2.16. The lowest BCUT2D eigenvalue weighted by molar-refractivity contribution is 0.354. The third-order valence-electron chi connectivity index (χ3n) is 3.54. The maximum Gasteiger partial charge on any atom is 0.161 e. The van der Waals surface area contributed by atoms with E-state index in [4.69, 9.17) is 15.2 Å². The van der Waals surface area contributed by atoms with Crippen LogP contribution in [-0.4, -0.2) is 20.8 Å². The smallest absolute Gasteiger partial charge is 0.161 e. The second-order valence-electron chi connectivity index (χ2n) is 4.80. The lowest BCUT2D eigenvalue weighted by atomic mass is 9.88. The van der Waals surface area contributed by atoms with Crippen LogP contribution in [0.25, 0.3) is 0 Å². The van der Waals surface area contributed by atoms with E-state index in [1.807, 2.05) is 18.2 Å². The molecule has 0 bridgehead atoms. The van der Waals surface area contributed by atoms with Crippen LogP contribution < -0.4 is 15.2 Å². The monoisotopic (exact) mass is 289 g/mol. The number of rotatable bonds is 6. The molecular weight excluding hydrogens is 269 g/mol. The van der Waals surface area contributed by atoms with E-state index < -0.39 is 0 Å². The Balaban J connectivity index is 2.40. The molecule has 4 heteroatoms. The molecule has 2 aromatic rings. The van der Waals surface area contributed by atoms with Gasteiger partial charge >= 0.3 is 0 Å². The molecular formula is C17H20FNO2. The minimum absolute atomic E-state index is 0.107. The number of methoxy groups -OCH3 is 2. The van der Waals surface area contributed by atoms with Gasteiger partial charge in [0.2, 0.25) is 0 Å². The van der Waals surface area contributed by atoms with Gasteiger partial charge in [-0.3, -0.25) is 0 Å². The highest BCUT2D eigenvalue weighted by atomic mass is 19.1. The third-order valence-corrected chi connectivity index (χ3v) is 3.54. The summed E-state index contributed by atoms with van der Waals surface area (Å²) in [7, 11) is 3.21. The topological polar surface area (TPSA) is 44.5 Å². The fraction of sp³-hybridized carbons (Fsp3) is 0.294. The van der Waals surface area contributed by atoms with Crippen molar-refractivity contribution in [3.63, 3.8) is 0 Å². The summed E-state index contributed by atoms with van der Waals surface area (Å²) in [6.07, 6.45) is 0.779. The first-order valence-electron chi connectivity index (χ1n) is 6.87. The van der Waals surface area contributed by atoms with E-state index in [0.717, 1.165) is 17.5 Å². The molecule has 0 saturated carbocycles. The minimum atomic E-state index is -0.238. The van der Waals surface area contributed by atoms with Crippen molar-refractivity contribution in [1.82, 2.24) is 0 Å². The average molecular weight is 289 g/mol. The molecule has 1 atom stereocenters. The SMILES string of the molecule is COc1ccc(C(CCN)c2ccc(F)cc2)cc1OC. The van der Waals surface area contributed by atoms with Crippen LogP contribution in [0.15, 0.2) is 42.5 Å². The fourth-order valence-corrected chi connectivity index (χ4v) is 2.46. The molecule has 0 aliphatic carbocycles. The van der Waals surface area contributed by atoms with Gasteiger partial charge in [0, 0.05) is 5.92 Å². The van der Waals surface area contributed by atoms with Gasteiger partial charge in [0.25, 0.3) is 0 Å². The number of halogens is 1. The van der Waals surface area contributed by atoms with E-state index in [0.29, 0.717) is 18.0 Å². The zero-order chi connectivity index (χ0) is 15.2.